The van der Waals surface area contributed by atoms with E-state index in [-0.39, 0.29) is 6.42 Å². The second-order valence-electron chi connectivity index (χ2n) is 7.84. The van der Waals surface area contributed by atoms with Crippen LogP contribution in [0.2, 0.25) is 5.02 Å². The van der Waals surface area contributed by atoms with Gasteiger partial charge in [-0.15, -0.1) is 0 Å². The van der Waals surface area contributed by atoms with E-state index >= 15 is 0 Å². The van der Waals surface area contributed by atoms with Gasteiger partial charge in [0, 0.05) is 52.5 Å². The van der Waals surface area contributed by atoms with Crippen LogP contribution in [0.5, 0.6) is 0 Å². The Morgan fingerprint density at radius 3 is 2.83 bits per heavy atom. The van der Waals surface area contributed by atoms with Gasteiger partial charge >= 0.3 is 0 Å². The molecule has 0 N–H and O–H groups in total. The van der Waals surface area contributed by atoms with Crippen molar-refractivity contribution in [1.29, 1.82) is 0 Å². The summed E-state index contributed by atoms with van der Waals surface area (Å²) in [6.07, 6.45) is 3.05. The monoisotopic (exact) mass is 573 g/mol. The summed E-state index contributed by atoms with van der Waals surface area (Å²) < 4.78 is 41.1. The van der Waals surface area contributed by atoms with E-state index in [0.717, 1.165) is 54.9 Å². The van der Waals surface area contributed by atoms with Crippen LogP contribution in [-0.4, -0.2) is 31.0 Å². The van der Waals surface area contributed by atoms with E-state index in [2.05, 4.69) is 37.0 Å². The molecule has 0 saturated heterocycles. The summed E-state index contributed by atoms with van der Waals surface area (Å²) in [5, 5.41) is 16.0. The number of thioether (sulfide) groups is 1. The van der Waals surface area contributed by atoms with Crippen molar-refractivity contribution in [3.8, 4) is 0 Å². The Balaban J connectivity index is 1.68. The third-order valence-electron chi connectivity index (χ3n) is 5.29. The Bertz CT molecular complexity index is 1350. The van der Waals surface area contributed by atoms with Gasteiger partial charge in [-0.2, -0.15) is 8.90 Å². The second kappa shape index (κ2) is 11.8. The maximum atomic E-state index is 11.2. The maximum absolute atomic E-state index is 11.2. The molecular weight excluding hydrogens is 552 g/mol. The lowest BCUT2D eigenvalue weighted by Gasteiger charge is -2.21. The van der Waals surface area contributed by atoms with Crippen LogP contribution in [0.15, 0.2) is 46.3 Å². The largest absolute Gasteiger partial charge is 0.748 e. The molecule has 0 saturated carbocycles. The lowest BCUT2D eigenvalue weighted by molar-refractivity contribution is -0.777. The van der Waals surface area contributed by atoms with E-state index in [1.54, 1.807) is 23.1 Å². The van der Waals surface area contributed by atoms with E-state index in [9.17, 15) is 18.2 Å². The first kappa shape index (κ1) is 26.7. The molecule has 8 nitrogen and oxygen atoms in total. The number of halogens is 1. The molecule has 2 aromatic carbocycles. The van der Waals surface area contributed by atoms with Crippen LogP contribution >= 0.6 is 46.7 Å². The standard InChI is InChI=1S/C22H23ClN2O6S4/c1-15-4-6-19-17(12-15)25(9-3-11-35(27,28)29)22(33-19)14-21-24(8-2-10-32-31-30-26)18-13-16(23)5-7-20(18)34-21/h4-7,12-14H,2-3,8-11H2,1H3,(H-,26,27,28,29)/p-1. The van der Waals surface area contributed by atoms with Crippen LogP contribution in [0.1, 0.15) is 23.4 Å². The zero-order chi connectivity index (χ0) is 25.0. The lowest BCUT2D eigenvalue weighted by Crippen LogP contribution is -2.35. The predicted molar refractivity (Wildman–Crippen MR) is 138 cm³/mol. The highest BCUT2D eigenvalue weighted by molar-refractivity contribution is 8.04. The average molecular weight is 574 g/mol. The SMILES string of the molecule is Cc1ccc2c(c1)N(CCCS(=O)(=O)[O-])C(=Cc1sc3ccc(Cl)cc3[n+]1CCCSOO[O-])S2. The molecule has 1 aromatic heterocycles. The second-order valence-corrected chi connectivity index (χ2v) is 12.7. The molecule has 0 radical (unpaired) electrons. The summed E-state index contributed by atoms with van der Waals surface area (Å²) in [6, 6.07) is 11.9. The van der Waals surface area contributed by atoms with Gasteiger partial charge in [0.2, 0.25) is 5.52 Å². The number of rotatable bonds is 11. The quantitative estimate of drug-likeness (QED) is 0.0830. The van der Waals surface area contributed by atoms with Crippen molar-refractivity contribution in [1.82, 2.24) is 0 Å². The third kappa shape index (κ3) is 6.90. The molecule has 0 bridgehead atoms. The lowest BCUT2D eigenvalue weighted by atomic mass is 10.2. The molecule has 0 spiro atoms. The number of benzene rings is 2. The summed E-state index contributed by atoms with van der Waals surface area (Å²) >= 11 is 10.5. The van der Waals surface area contributed by atoms with Crippen LogP contribution in [0, 0.1) is 6.92 Å². The van der Waals surface area contributed by atoms with Crippen LogP contribution in [0.4, 0.5) is 5.69 Å². The Hall–Kier alpha value is -1.35. The van der Waals surface area contributed by atoms with Crippen molar-refractivity contribution in [3.05, 3.63) is 57.0 Å². The molecule has 4 rings (SSSR count). The first-order valence-electron chi connectivity index (χ1n) is 10.7. The fraction of sp³-hybridized carbons (Fsp3) is 0.318. The first-order chi connectivity index (χ1) is 16.7. The van der Waals surface area contributed by atoms with Gasteiger partial charge in [-0.25, -0.2) is 8.42 Å². The molecule has 0 fully saturated rings. The topological polar surface area (TPSA) is 106 Å². The molecule has 0 atom stereocenters. The highest BCUT2D eigenvalue weighted by atomic mass is 35.5. The number of anilines is 1. The predicted octanol–water partition coefficient (Wildman–Crippen LogP) is 4.26. The summed E-state index contributed by atoms with van der Waals surface area (Å²) in [5.41, 5.74) is 3.10. The number of aryl methyl sites for hydroxylation is 2. The minimum atomic E-state index is -4.28. The van der Waals surface area contributed by atoms with Crippen molar-refractivity contribution in [2.45, 2.75) is 31.2 Å². The van der Waals surface area contributed by atoms with Gasteiger partial charge in [0.1, 0.15) is 4.70 Å². The number of nitrogens with zero attached hydrogens (tertiary/aromatic N) is 2. The Morgan fingerprint density at radius 2 is 2.06 bits per heavy atom. The van der Waals surface area contributed by atoms with Crippen molar-refractivity contribution in [3.63, 3.8) is 0 Å². The van der Waals surface area contributed by atoms with Gasteiger partial charge in [0.25, 0.3) is 5.01 Å². The summed E-state index contributed by atoms with van der Waals surface area (Å²) in [4.78, 5) is 3.16. The highest BCUT2D eigenvalue weighted by Gasteiger charge is 2.28. The minimum absolute atomic E-state index is 0.234. The molecule has 0 amide bonds. The molecule has 3 aromatic rings. The zero-order valence-electron chi connectivity index (χ0n) is 18.6. The Labute approximate surface area is 221 Å². The number of thiazole rings is 1. The normalized spacial score (nSPS) is 14.9. The number of hydrogen-bond acceptors (Lipinski definition) is 10. The number of aromatic nitrogens is 1. The van der Waals surface area contributed by atoms with E-state index in [1.165, 1.54) is 0 Å². The highest BCUT2D eigenvalue weighted by Crippen LogP contribution is 2.47. The molecule has 188 valence electrons. The Kier molecular flexibility index (Phi) is 9.00. The van der Waals surface area contributed by atoms with E-state index in [4.69, 9.17) is 11.6 Å². The van der Waals surface area contributed by atoms with Crippen LogP contribution in [0.3, 0.4) is 0 Å². The van der Waals surface area contributed by atoms with Crippen molar-refractivity contribution < 1.29 is 32.2 Å². The van der Waals surface area contributed by atoms with Crippen LogP contribution < -0.4 is 14.7 Å². The van der Waals surface area contributed by atoms with Crippen molar-refractivity contribution in [2.24, 2.45) is 0 Å². The number of fused-ring (bicyclic) bond motifs is 2. The van der Waals surface area contributed by atoms with Gasteiger partial charge in [0.05, 0.1) is 26.9 Å². The molecule has 35 heavy (non-hydrogen) atoms. The van der Waals surface area contributed by atoms with Gasteiger partial charge in [-0.1, -0.05) is 40.8 Å². The maximum Gasteiger partial charge on any atom is 0.265 e. The molecule has 0 aliphatic carbocycles. The molecule has 2 heterocycles. The zero-order valence-corrected chi connectivity index (χ0v) is 22.7. The molecule has 1 aliphatic heterocycles. The van der Waals surface area contributed by atoms with Crippen molar-refractivity contribution >= 4 is 78.8 Å². The third-order valence-corrected chi connectivity index (χ3v) is 9.14. The summed E-state index contributed by atoms with van der Waals surface area (Å²) in [6.45, 7) is 3.09. The van der Waals surface area contributed by atoms with Crippen LogP contribution in [0.25, 0.3) is 16.3 Å². The molecular formula is C22H22ClN2O6S4-. The Morgan fingerprint density at radius 1 is 1.23 bits per heavy atom. The van der Waals surface area contributed by atoms with E-state index in [1.807, 2.05) is 31.2 Å². The summed E-state index contributed by atoms with van der Waals surface area (Å²) in [5.74, 6) is 0.162. The van der Waals surface area contributed by atoms with Gasteiger partial charge < -0.3 is 14.7 Å². The van der Waals surface area contributed by atoms with Crippen molar-refractivity contribution in [2.75, 3.05) is 23.0 Å². The van der Waals surface area contributed by atoms with E-state index in [0.29, 0.717) is 23.9 Å². The fourth-order valence-electron chi connectivity index (χ4n) is 3.80. The first-order valence-corrected chi connectivity index (χ1v) is 15.2. The van der Waals surface area contributed by atoms with Gasteiger partial charge in [-0.05, 0) is 43.2 Å². The van der Waals surface area contributed by atoms with Gasteiger partial charge in [-0.3, -0.25) is 5.04 Å². The smallest absolute Gasteiger partial charge is 0.265 e. The number of hydrogen-bond donors (Lipinski definition) is 0. The van der Waals surface area contributed by atoms with E-state index < -0.39 is 15.9 Å². The fourth-order valence-corrected chi connectivity index (χ4v) is 7.09. The molecule has 1 aliphatic rings. The van der Waals surface area contributed by atoms with Gasteiger partial charge in [0.15, 0.2) is 6.54 Å². The molecule has 13 heteroatoms. The average Bonchev–Trinajstić information content (AvgIpc) is 3.30. The van der Waals surface area contributed by atoms with Crippen LogP contribution in [-0.2, 0) is 26.0 Å². The summed E-state index contributed by atoms with van der Waals surface area (Å²) in [7, 11) is -4.28. The molecule has 0 unspecified atom stereocenters. The minimum Gasteiger partial charge on any atom is -0.748 e.